The second-order valence-electron chi connectivity index (χ2n) is 6.62. The van der Waals surface area contributed by atoms with Crippen molar-refractivity contribution < 1.29 is 9.53 Å². The highest BCUT2D eigenvalue weighted by atomic mass is 32.2. The van der Waals surface area contributed by atoms with Crippen LogP contribution in [0.2, 0.25) is 0 Å². The van der Waals surface area contributed by atoms with Crippen LogP contribution in [-0.4, -0.2) is 41.1 Å². The normalized spacial score (nSPS) is 34.4. The minimum absolute atomic E-state index is 0.0428. The number of carbonyl (C=O) groups excluding carboxylic acids is 1. The van der Waals surface area contributed by atoms with Crippen LogP contribution >= 0.6 is 11.8 Å². The Balaban J connectivity index is 1.96. The molecule has 2 heterocycles. The molecule has 18 heavy (non-hydrogen) atoms. The molecule has 3 nitrogen and oxygen atoms in total. The van der Waals surface area contributed by atoms with Crippen LogP contribution < -0.4 is 5.32 Å². The molecule has 2 fully saturated rings. The van der Waals surface area contributed by atoms with Gasteiger partial charge in [-0.2, -0.15) is 11.8 Å². The standard InChI is InChI=1S/C14H25NO2S/c1-13(2)8-11(14(3,4)17-13)12(16)7-10-9-18-6-5-15-10/h10-11,15H,5-9H2,1-4H3. The van der Waals surface area contributed by atoms with Gasteiger partial charge >= 0.3 is 0 Å². The van der Waals surface area contributed by atoms with E-state index in [0.717, 1.165) is 24.5 Å². The van der Waals surface area contributed by atoms with Gasteiger partial charge in [0.05, 0.1) is 11.2 Å². The molecule has 2 aliphatic rings. The van der Waals surface area contributed by atoms with Crippen LogP contribution in [0.15, 0.2) is 0 Å². The van der Waals surface area contributed by atoms with Crippen molar-refractivity contribution in [3.63, 3.8) is 0 Å². The fraction of sp³-hybridized carbons (Fsp3) is 0.929. The summed E-state index contributed by atoms with van der Waals surface area (Å²) in [6.45, 7) is 9.28. The smallest absolute Gasteiger partial charge is 0.140 e. The fourth-order valence-corrected chi connectivity index (χ4v) is 4.15. The average molecular weight is 271 g/mol. The Labute approximate surface area is 114 Å². The molecule has 2 atom stereocenters. The summed E-state index contributed by atoms with van der Waals surface area (Å²) < 4.78 is 6.01. The van der Waals surface area contributed by atoms with Crippen molar-refractivity contribution in [3.8, 4) is 0 Å². The number of ketones is 1. The lowest BCUT2D eigenvalue weighted by Gasteiger charge is -2.28. The molecule has 0 aromatic heterocycles. The lowest BCUT2D eigenvalue weighted by Crippen LogP contribution is -2.42. The Morgan fingerprint density at radius 3 is 2.61 bits per heavy atom. The first-order valence-electron chi connectivity index (χ1n) is 6.84. The highest BCUT2D eigenvalue weighted by Crippen LogP contribution is 2.42. The Morgan fingerprint density at radius 1 is 1.39 bits per heavy atom. The van der Waals surface area contributed by atoms with Gasteiger partial charge in [-0.3, -0.25) is 4.79 Å². The average Bonchev–Trinajstić information content (AvgIpc) is 2.48. The molecule has 4 heteroatoms. The summed E-state index contributed by atoms with van der Waals surface area (Å²) in [4.78, 5) is 12.5. The van der Waals surface area contributed by atoms with Gasteiger partial charge in [0, 0.05) is 36.4 Å². The minimum Gasteiger partial charge on any atom is -0.369 e. The maximum absolute atomic E-state index is 12.5. The maximum Gasteiger partial charge on any atom is 0.140 e. The first kappa shape index (κ1) is 14.4. The van der Waals surface area contributed by atoms with E-state index in [1.807, 2.05) is 25.6 Å². The van der Waals surface area contributed by atoms with Crippen molar-refractivity contribution in [1.29, 1.82) is 0 Å². The summed E-state index contributed by atoms with van der Waals surface area (Å²) in [7, 11) is 0. The quantitative estimate of drug-likeness (QED) is 0.854. The Morgan fingerprint density at radius 2 is 2.11 bits per heavy atom. The summed E-state index contributed by atoms with van der Waals surface area (Å²) in [5.41, 5.74) is -0.485. The molecule has 1 N–H and O–H groups in total. The van der Waals surface area contributed by atoms with Crippen LogP contribution in [0.1, 0.15) is 40.5 Å². The number of hydrogen-bond acceptors (Lipinski definition) is 4. The summed E-state index contributed by atoms with van der Waals surface area (Å²) >= 11 is 1.94. The van der Waals surface area contributed by atoms with Crippen LogP contribution in [0.3, 0.4) is 0 Å². The van der Waals surface area contributed by atoms with E-state index in [1.165, 1.54) is 0 Å². The van der Waals surface area contributed by atoms with E-state index in [0.29, 0.717) is 18.2 Å². The van der Waals surface area contributed by atoms with Crippen molar-refractivity contribution in [2.24, 2.45) is 5.92 Å². The fourth-order valence-electron chi connectivity index (χ4n) is 3.20. The second kappa shape index (κ2) is 5.14. The van der Waals surface area contributed by atoms with Crippen LogP contribution in [-0.2, 0) is 9.53 Å². The van der Waals surface area contributed by atoms with Crippen molar-refractivity contribution in [2.75, 3.05) is 18.1 Å². The largest absolute Gasteiger partial charge is 0.369 e. The van der Waals surface area contributed by atoms with Gasteiger partial charge in [0.15, 0.2) is 0 Å². The zero-order valence-electron chi connectivity index (χ0n) is 11.9. The van der Waals surface area contributed by atoms with Gasteiger partial charge in [-0.15, -0.1) is 0 Å². The molecule has 0 aromatic carbocycles. The Hall–Kier alpha value is -0.0600. The number of rotatable bonds is 3. The molecule has 0 aromatic rings. The number of Topliss-reactive ketones (excluding diaryl/α,β-unsaturated/α-hetero) is 1. The molecule has 0 spiro atoms. The molecule has 2 aliphatic heterocycles. The van der Waals surface area contributed by atoms with Crippen LogP contribution in [0.4, 0.5) is 0 Å². The third-order valence-corrected chi connectivity index (χ3v) is 5.04. The monoisotopic (exact) mass is 271 g/mol. The van der Waals surface area contributed by atoms with E-state index >= 15 is 0 Å². The molecular weight excluding hydrogens is 246 g/mol. The molecule has 2 unspecified atom stereocenters. The third-order valence-electron chi connectivity index (χ3n) is 3.91. The predicted octanol–water partition coefficient (Wildman–Crippen LogP) is 2.24. The van der Waals surface area contributed by atoms with Crippen molar-refractivity contribution in [1.82, 2.24) is 5.32 Å². The van der Waals surface area contributed by atoms with Crippen LogP contribution in [0.5, 0.6) is 0 Å². The zero-order valence-corrected chi connectivity index (χ0v) is 12.7. The van der Waals surface area contributed by atoms with Gasteiger partial charge in [-0.1, -0.05) is 0 Å². The SMILES string of the molecule is CC1(C)CC(C(=O)CC2CSCCN2)C(C)(C)O1. The van der Waals surface area contributed by atoms with Crippen molar-refractivity contribution >= 4 is 17.5 Å². The van der Waals surface area contributed by atoms with E-state index in [4.69, 9.17) is 4.74 Å². The lowest BCUT2D eigenvalue weighted by atomic mass is 9.82. The molecule has 0 bridgehead atoms. The van der Waals surface area contributed by atoms with Gasteiger partial charge in [0.25, 0.3) is 0 Å². The van der Waals surface area contributed by atoms with Crippen molar-refractivity contribution in [3.05, 3.63) is 0 Å². The molecule has 2 rings (SSSR count). The highest BCUT2D eigenvalue weighted by molar-refractivity contribution is 7.99. The molecule has 0 saturated carbocycles. The summed E-state index contributed by atoms with van der Waals surface area (Å²) in [5, 5.41) is 3.44. The topological polar surface area (TPSA) is 38.3 Å². The second-order valence-corrected chi connectivity index (χ2v) is 7.77. The molecule has 104 valence electrons. The van der Waals surface area contributed by atoms with Gasteiger partial charge < -0.3 is 10.1 Å². The first-order chi connectivity index (χ1) is 8.30. The number of ether oxygens (including phenoxy) is 1. The van der Waals surface area contributed by atoms with Gasteiger partial charge in [0.1, 0.15) is 5.78 Å². The molecule has 0 amide bonds. The van der Waals surface area contributed by atoms with E-state index in [9.17, 15) is 4.79 Å². The predicted molar refractivity (Wildman–Crippen MR) is 76.1 cm³/mol. The van der Waals surface area contributed by atoms with E-state index in [-0.39, 0.29) is 17.1 Å². The summed E-state index contributed by atoms with van der Waals surface area (Å²) in [6.07, 6.45) is 1.50. The number of thioether (sulfide) groups is 1. The number of nitrogens with one attached hydrogen (secondary N) is 1. The third kappa shape index (κ3) is 3.28. The van der Waals surface area contributed by atoms with Crippen LogP contribution in [0, 0.1) is 5.92 Å². The number of carbonyl (C=O) groups is 1. The number of hydrogen-bond donors (Lipinski definition) is 1. The van der Waals surface area contributed by atoms with E-state index in [1.54, 1.807) is 0 Å². The summed E-state index contributed by atoms with van der Waals surface area (Å²) in [5.74, 6) is 2.63. The first-order valence-corrected chi connectivity index (χ1v) is 8.00. The van der Waals surface area contributed by atoms with Gasteiger partial charge in [-0.25, -0.2) is 0 Å². The lowest BCUT2D eigenvalue weighted by molar-refractivity contribution is -0.129. The zero-order chi connectivity index (χ0) is 13.4. The van der Waals surface area contributed by atoms with Crippen molar-refractivity contribution in [2.45, 2.75) is 57.8 Å². The van der Waals surface area contributed by atoms with E-state index < -0.39 is 0 Å². The highest BCUT2D eigenvalue weighted by Gasteiger charge is 2.49. The Kier molecular flexibility index (Phi) is 4.10. The molecule has 0 radical (unpaired) electrons. The van der Waals surface area contributed by atoms with Gasteiger partial charge in [-0.05, 0) is 34.1 Å². The maximum atomic E-state index is 12.5. The molecule has 2 saturated heterocycles. The Bertz CT molecular complexity index is 322. The van der Waals surface area contributed by atoms with Crippen LogP contribution in [0.25, 0.3) is 0 Å². The minimum atomic E-state index is -0.317. The summed E-state index contributed by atoms with van der Waals surface area (Å²) in [6, 6.07) is 0.357. The van der Waals surface area contributed by atoms with E-state index in [2.05, 4.69) is 19.2 Å². The molecule has 0 aliphatic carbocycles. The van der Waals surface area contributed by atoms with Gasteiger partial charge in [0.2, 0.25) is 0 Å². The molecular formula is C14H25NO2S.